The molecule has 0 radical (unpaired) electrons. The van der Waals surface area contributed by atoms with Crippen molar-refractivity contribution in [3.05, 3.63) is 10.5 Å². The molecule has 2 aromatic rings. The van der Waals surface area contributed by atoms with E-state index in [2.05, 4.69) is 30.6 Å². The molecule has 0 bridgehead atoms. The van der Waals surface area contributed by atoms with Crippen molar-refractivity contribution < 1.29 is 4.74 Å². The molecule has 3 rings (SSSR count). The first-order valence-corrected chi connectivity index (χ1v) is 6.64. The second kappa shape index (κ2) is 5.09. The molecule has 0 spiro atoms. The van der Waals surface area contributed by atoms with Gasteiger partial charge in [0.1, 0.15) is 0 Å². The van der Waals surface area contributed by atoms with Crippen LogP contribution in [0, 0.1) is 0 Å². The normalized spacial score (nSPS) is 14.3. The highest BCUT2D eigenvalue weighted by molar-refractivity contribution is 7.99. The van der Waals surface area contributed by atoms with Crippen LogP contribution in [0.15, 0.2) is 15.1 Å². The number of aromatic amines is 1. The molecule has 1 aliphatic rings. The number of anilines is 1. The Labute approximate surface area is 117 Å². The van der Waals surface area contributed by atoms with E-state index in [9.17, 15) is 4.79 Å². The maximum Gasteiger partial charge on any atom is 0.344 e. The van der Waals surface area contributed by atoms with Crippen molar-refractivity contribution in [2.24, 2.45) is 5.84 Å². The van der Waals surface area contributed by atoms with Crippen LogP contribution in [0.4, 0.5) is 5.95 Å². The van der Waals surface area contributed by atoms with Crippen molar-refractivity contribution >= 4 is 17.7 Å². The second-order valence-corrected chi connectivity index (χ2v) is 5.02. The minimum absolute atomic E-state index is 0.131. The van der Waals surface area contributed by atoms with Crippen molar-refractivity contribution in [2.75, 3.05) is 12.5 Å². The van der Waals surface area contributed by atoms with Crippen LogP contribution in [0.3, 0.4) is 0 Å². The molecule has 2 heterocycles. The van der Waals surface area contributed by atoms with E-state index in [0.717, 1.165) is 24.6 Å². The van der Waals surface area contributed by atoms with Crippen LogP contribution in [0.5, 0.6) is 6.01 Å². The predicted molar refractivity (Wildman–Crippen MR) is 69.4 cm³/mol. The molecule has 1 fully saturated rings. The van der Waals surface area contributed by atoms with Crippen molar-refractivity contribution in [1.29, 1.82) is 0 Å². The second-order valence-electron chi connectivity index (χ2n) is 4.09. The molecule has 20 heavy (non-hydrogen) atoms. The maximum absolute atomic E-state index is 11.7. The fourth-order valence-electron chi connectivity index (χ4n) is 1.64. The summed E-state index contributed by atoms with van der Waals surface area (Å²) in [6, 6.07) is 0.339. The number of methoxy groups -OCH3 is 1. The molecule has 2 aromatic heterocycles. The summed E-state index contributed by atoms with van der Waals surface area (Å²) in [6.07, 6.45) is 1.95. The first-order valence-electron chi connectivity index (χ1n) is 5.82. The summed E-state index contributed by atoms with van der Waals surface area (Å²) >= 11 is 1.15. The third-order valence-electron chi connectivity index (χ3n) is 2.67. The lowest BCUT2D eigenvalue weighted by Gasteiger charge is -2.05. The summed E-state index contributed by atoms with van der Waals surface area (Å²) in [6.45, 7) is 0. The summed E-state index contributed by atoms with van der Waals surface area (Å²) in [4.78, 5) is 23.7. The first-order chi connectivity index (χ1) is 9.71. The monoisotopic (exact) mass is 296 g/mol. The van der Waals surface area contributed by atoms with Gasteiger partial charge in [-0.05, 0) is 24.6 Å². The zero-order chi connectivity index (χ0) is 14.1. The third-order valence-corrected chi connectivity index (χ3v) is 3.51. The lowest BCUT2D eigenvalue weighted by Crippen LogP contribution is -2.16. The summed E-state index contributed by atoms with van der Waals surface area (Å²) in [5.41, 5.74) is 2.10. The SMILES string of the molecule is COc1nc(NN)nc(Sc2n[nH]c(=O)n2C2CC2)n1. The highest BCUT2D eigenvalue weighted by Crippen LogP contribution is 2.37. The number of rotatable bonds is 5. The number of hydrogen-bond acceptors (Lipinski definition) is 9. The van der Waals surface area contributed by atoms with E-state index in [-0.39, 0.29) is 23.7 Å². The van der Waals surface area contributed by atoms with Crippen LogP contribution >= 0.6 is 11.8 Å². The number of hydrazine groups is 1. The number of hydrogen-bond donors (Lipinski definition) is 3. The Bertz CT molecular complexity index is 657. The van der Waals surface area contributed by atoms with Gasteiger partial charge in [-0.3, -0.25) is 9.99 Å². The van der Waals surface area contributed by atoms with E-state index in [0.29, 0.717) is 10.3 Å². The molecule has 0 aliphatic heterocycles. The third kappa shape index (κ3) is 2.44. The molecular formula is C9H12N8O2S. The number of ether oxygens (including phenoxy) is 1. The van der Waals surface area contributed by atoms with Gasteiger partial charge in [-0.25, -0.2) is 15.7 Å². The zero-order valence-corrected chi connectivity index (χ0v) is 11.3. The Balaban J connectivity index is 1.93. The van der Waals surface area contributed by atoms with Gasteiger partial charge in [-0.15, -0.1) is 5.10 Å². The molecule has 0 saturated heterocycles. The van der Waals surface area contributed by atoms with Crippen LogP contribution in [-0.4, -0.2) is 36.8 Å². The van der Waals surface area contributed by atoms with Gasteiger partial charge in [0.05, 0.1) is 7.11 Å². The van der Waals surface area contributed by atoms with E-state index in [4.69, 9.17) is 10.6 Å². The zero-order valence-electron chi connectivity index (χ0n) is 10.5. The average Bonchev–Trinajstić information content (AvgIpc) is 3.23. The van der Waals surface area contributed by atoms with Crippen LogP contribution in [0.1, 0.15) is 18.9 Å². The van der Waals surface area contributed by atoms with Gasteiger partial charge >= 0.3 is 11.7 Å². The quantitative estimate of drug-likeness (QED) is 0.494. The molecule has 106 valence electrons. The van der Waals surface area contributed by atoms with Gasteiger partial charge < -0.3 is 4.74 Å². The molecule has 0 atom stereocenters. The van der Waals surface area contributed by atoms with Crippen LogP contribution in [0.25, 0.3) is 0 Å². The van der Waals surface area contributed by atoms with Gasteiger partial charge in [0.2, 0.25) is 11.1 Å². The van der Waals surface area contributed by atoms with E-state index in [1.165, 1.54) is 7.11 Å². The Morgan fingerprint density at radius 1 is 1.45 bits per heavy atom. The molecule has 1 aliphatic carbocycles. The lowest BCUT2D eigenvalue weighted by molar-refractivity contribution is 0.373. The fourth-order valence-corrected chi connectivity index (χ4v) is 2.48. The highest BCUT2D eigenvalue weighted by Gasteiger charge is 2.29. The summed E-state index contributed by atoms with van der Waals surface area (Å²) in [5.74, 6) is 5.46. The molecule has 1 saturated carbocycles. The smallest absolute Gasteiger partial charge is 0.344 e. The van der Waals surface area contributed by atoms with Crippen molar-refractivity contribution in [3.8, 4) is 6.01 Å². The van der Waals surface area contributed by atoms with Crippen LogP contribution in [-0.2, 0) is 0 Å². The summed E-state index contributed by atoms with van der Waals surface area (Å²) in [7, 11) is 1.44. The lowest BCUT2D eigenvalue weighted by atomic mass is 10.7. The largest absolute Gasteiger partial charge is 0.467 e. The molecule has 11 heteroatoms. The molecule has 0 unspecified atom stereocenters. The summed E-state index contributed by atoms with van der Waals surface area (Å²) in [5, 5.41) is 7.26. The van der Waals surface area contributed by atoms with Gasteiger partial charge in [0, 0.05) is 6.04 Å². The van der Waals surface area contributed by atoms with Gasteiger partial charge in [0.15, 0.2) is 5.16 Å². The number of nitrogen functional groups attached to an aromatic ring is 1. The molecular weight excluding hydrogens is 284 g/mol. The number of aromatic nitrogens is 6. The number of nitrogens with zero attached hydrogens (tertiary/aromatic N) is 5. The molecule has 0 amide bonds. The Kier molecular flexibility index (Phi) is 3.28. The summed E-state index contributed by atoms with van der Waals surface area (Å²) < 4.78 is 6.57. The molecule has 0 aromatic carbocycles. The van der Waals surface area contributed by atoms with Crippen LogP contribution < -0.4 is 21.7 Å². The van der Waals surface area contributed by atoms with Gasteiger partial charge in [-0.2, -0.15) is 15.0 Å². The Hall–Kier alpha value is -2.14. The molecule has 10 nitrogen and oxygen atoms in total. The van der Waals surface area contributed by atoms with Crippen molar-refractivity contribution in [3.63, 3.8) is 0 Å². The van der Waals surface area contributed by atoms with Crippen molar-refractivity contribution in [2.45, 2.75) is 29.2 Å². The molecule has 4 N–H and O–H groups in total. The Morgan fingerprint density at radius 3 is 2.90 bits per heavy atom. The number of nitrogens with one attached hydrogen (secondary N) is 2. The van der Waals surface area contributed by atoms with E-state index in [1.807, 2.05) is 0 Å². The minimum atomic E-state index is -0.229. The van der Waals surface area contributed by atoms with Crippen LogP contribution in [0.2, 0.25) is 0 Å². The first kappa shape index (κ1) is 12.9. The van der Waals surface area contributed by atoms with E-state index >= 15 is 0 Å². The van der Waals surface area contributed by atoms with Gasteiger partial charge in [-0.1, -0.05) is 0 Å². The Morgan fingerprint density at radius 2 is 2.25 bits per heavy atom. The number of H-pyrrole nitrogens is 1. The minimum Gasteiger partial charge on any atom is -0.467 e. The maximum atomic E-state index is 11.7. The van der Waals surface area contributed by atoms with Gasteiger partial charge in [0.25, 0.3) is 0 Å². The number of nitrogens with two attached hydrogens (primary N) is 1. The average molecular weight is 296 g/mol. The highest BCUT2D eigenvalue weighted by atomic mass is 32.2. The van der Waals surface area contributed by atoms with E-state index in [1.54, 1.807) is 4.57 Å². The predicted octanol–water partition coefficient (Wildman–Crippen LogP) is -0.463. The van der Waals surface area contributed by atoms with Crippen molar-refractivity contribution in [1.82, 2.24) is 29.7 Å². The van der Waals surface area contributed by atoms with E-state index < -0.39 is 0 Å². The fraction of sp³-hybridized carbons (Fsp3) is 0.444. The topological polar surface area (TPSA) is 137 Å². The standard InChI is InChI=1S/C9H12N8O2S/c1-19-6-11-5(14-10)12-7(13-6)20-9-16-15-8(18)17(9)4-2-3-4/h4H,2-3,10H2,1H3,(H,15,18)(H,11,12,13,14).